The second-order valence-corrected chi connectivity index (χ2v) is 6.11. The van der Waals surface area contributed by atoms with Crippen molar-refractivity contribution in [2.24, 2.45) is 0 Å². The van der Waals surface area contributed by atoms with Gasteiger partial charge in [-0.05, 0) is 17.7 Å². The normalized spacial score (nSPS) is 10.5. The molecule has 3 aromatic rings. The number of nitrogens with zero attached hydrogens (tertiary/aromatic N) is 1. The summed E-state index contributed by atoms with van der Waals surface area (Å²) in [5, 5.41) is 2.73. The van der Waals surface area contributed by atoms with Crippen molar-refractivity contribution in [3.8, 4) is 11.3 Å². The molecule has 0 amide bonds. The number of benzene rings is 2. The second-order valence-electron chi connectivity index (χ2n) is 4.90. The smallest absolute Gasteiger partial charge is 0.338 e. The van der Waals surface area contributed by atoms with Crippen molar-refractivity contribution >= 4 is 28.9 Å². The maximum absolute atomic E-state index is 11.9. The minimum Gasteiger partial charge on any atom is -0.455 e. The van der Waals surface area contributed by atoms with Crippen molar-refractivity contribution in [2.45, 2.75) is 12.5 Å². The standard InChI is InChI=1S/C18H14ClNO2S/c19-10-13-6-8-14(9-7-13)16-12-23-17(20-16)11-22-18(21)15-4-2-1-3-5-15/h1-9,12H,10-11H2. The average Bonchev–Trinajstić information content (AvgIpc) is 3.09. The number of thiazole rings is 1. The molecule has 0 radical (unpaired) electrons. The summed E-state index contributed by atoms with van der Waals surface area (Å²) < 4.78 is 5.29. The van der Waals surface area contributed by atoms with Crippen molar-refractivity contribution in [1.29, 1.82) is 0 Å². The van der Waals surface area contributed by atoms with E-state index in [1.165, 1.54) is 11.3 Å². The Balaban J connectivity index is 1.64. The largest absolute Gasteiger partial charge is 0.455 e. The van der Waals surface area contributed by atoms with Crippen molar-refractivity contribution in [1.82, 2.24) is 4.98 Å². The van der Waals surface area contributed by atoms with Crippen molar-refractivity contribution < 1.29 is 9.53 Å². The van der Waals surface area contributed by atoms with Crippen LogP contribution in [0.25, 0.3) is 11.3 Å². The third-order valence-corrected chi connectivity index (χ3v) is 4.42. The first kappa shape index (κ1) is 15.7. The summed E-state index contributed by atoms with van der Waals surface area (Å²) in [6, 6.07) is 16.9. The van der Waals surface area contributed by atoms with Crippen LogP contribution in [0.1, 0.15) is 20.9 Å². The van der Waals surface area contributed by atoms with E-state index < -0.39 is 0 Å². The zero-order valence-electron chi connectivity index (χ0n) is 12.2. The molecule has 0 aliphatic heterocycles. The monoisotopic (exact) mass is 343 g/mol. The van der Waals surface area contributed by atoms with Gasteiger partial charge in [-0.25, -0.2) is 9.78 Å². The topological polar surface area (TPSA) is 39.2 Å². The Hall–Kier alpha value is -2.17. The lowest BCUT2D eigenvalue weighted by Crippen LogP contribution is -2.04. The van der Waals surface area contributed by atoms with Gasteiger partial charge in [-0.3, -0.25) is 0 Å². The van der Waals surface area contributed by atoms with Crippen LogP contribution in [0.3, 0.4) is 0 Å². The molecule has 3 rings (SSSR count). The fraction of sp³-hybridized carbons (Fsp3) is 0.111. The van der Waals surface area contributed by atoms with Gasteiger partial charge in [0.05, 0.1) is 11.3 Å². The summed E-state index contributed by atoms with van der Waals surface area (Å²) in [5.41, 5.74) is 3.52. The number of carbonyl (C=O) groups excluding carboxylic acids is 1. The van der Waals surface area contributed by atoms with Gasteiger partial charge in [0, 0.05) is 16.8 Å². The number of carbonyl (C=O) groups is 1. The Kier molecular flexibility index (Phi) is 5.05. The Labute approximate surface area is 143 Å². The molecule has 0 fully saturated rings. The van der Waals surface area contributed by atoms with Gasteiger partial charge in [0.15, 0.2) is 0 Å². The van der Waals surface area contributed by atoms with Crippen LogP contribution in [0.15, 0.2) is 60.0 Å². The lowest BCUT2D eigenvalue weighted by Gasteiger charge is -2.02. The molecule has 0 unspecified atom stereocenters. The first-order valence-electron chi connectivity index (χ1n) is 7.08. The molecule has 0 aliphatic rings. The van der Waals surface area contributed by atoms with Gasteiger partial charge in [0.2, 0.25) is 0 Å². The highest BCUT2D eigenvalue weighted by molar-refractivity contribution is 7.09. The zero-order chi connectivity index (χ0) is 16.1. The number of hydrogen-bond acceptors (Lipinski definition) is 4. The number of alkyl halides is 1. The van der Waals surface area contributed by atoms with E-state index in [0.29, 0.717) is 11.4 Å². The van der Waals surface area contributed by atoms with E-state index in [-0.39, 0.29) is 12.6 Å². The summed E-state index contributed by atoms with van der Waals surface area (Å²) in [4.78, 5) is 16.4. The third kappa shape index (κ3) is 3.97. The van der Waals surface area contributed by atoms with E-state index in [1.807, 2.05) is 47.8 Å². The van der Waals surface area contributed by atoms with Gasteiger partial charge >= 0.3 is 5.97 Å². The molecule has 0 saturated carbocycles. The predicted molar refractivity (Wildman–Crippen MR) is 92.7 cm³/mol. The molecule has 5 heteroatoms. The number of esters is 1. The maximum atomic E-state index is 11.9. The average molecular weight is 344 g/mol. The number of hydrogen-bond donors (Lipinski definition) is 0. The number of aromatic nitrogens is 1. The Morgan fingerprint density at radius 3 is 2.52 bits per heavy atom. The van der Waals surface area contributed by atoms with Gasteiger partial charge in [0.25, 0.3) is 0 Å². The zero-order valence-corrected chi connectivity index (χ0v) is 13.8. The molecule has 0 aliphatic carbocycles. The van der Waals surface area contributed by atoms with Crippen LogP contribution in [0.2, 0.25) is 0 Å². The van der Waals surface area contributed by atoms with Crippen molar-refractivity contribution in [2.75, 3.05) is 0 Å². The van der Waals surface area contributed by atoms with E-state index >= 15 is 0 Å². The van der Waals surface area contributed by atoms with Crippen LogP contribution in [0, 0.1) is 0 Å². The first-order chi connectivity index (χ1) is 11.3. The Morgan fingerprint density at radius 2 is 1.83 bits per heavy atom. The molecule has 2 aromatic carbocycles. The maximum Gasteiger partial charge on any atom is 0.338 e. The third-order valence-electron chi connectivity index (χ3n) is 3.29. The van der Waals surface area contributed by atoms with Gasteiger partial charge < -0.3 is 4.74 Å². The molecular weight excluding hydrogens is 330 g/mol. The van der Waals surface area contributed by atoms with Crippen LogP contribution in [0.4, 0.5) is 0 Å². The number of ether oxygens (including phenoxy) is 1. The van der Waals surface area contributed by atoms with Gasteiger partial charge in [-0.2, -0.15) is 0 Å². The van der Waals surface area contributed by atoms with Crippen LogP contribution in [0.5, 0.6) is 0 Å². The second kappa shape index (κ2) is 7.40. The molecule has 23 heavy (non-hydrogen) atoms. The van der Waals surface area contributed by atoms with Crippen molar-refractivity contribution in [3.63, 3.8) is 0 Å². The van der Waals surface area contributed by atoms with E-state index in [4.69, 9.17) is 16.3 Å². The van der Waals surface area contributed by atoms with Crippen LogP contribution in [-0.2, 0) is 17.2 Å². The Morgan fingerprint density at radius 1 is 1.09 bits per heavy atom. The molecule has 1 aromatic heterocycles. The molecule has 1 heterocycles. The lowest BCUT2D eigenvalue weighted by molar-refractivity contribution is 0.0472. The van der Waals surface area contributed by atoms with Crippen molar-refractivity contribution in [3.05, 3.63) is 76.1 Å². The van der Waals surface area contributed by atoms with E-state index in [2.05, 4.69) is 4.98 Å². The van der Waals surface area contributed by atoms with E-state index in [0.717, 1.165) is 21.8 Å². The quantitative estimate of drug-likeness (QED) is 0.488. The SMILES string of the molecule is O=C(OCc1nc(-c2ccc(CCl)cc2)cs1)c1ccccc1. The van der Waals surface area contributed by atoms with Crippen LogP contribution in [-0.4, -0.2) is 11.0 Å². The minimum atomic E-state index is -0.339. The van der Waals surface area contributed by atoms with Gasteiger partial charge in [0.1, 0.15) is 11.6 Å². The van der Waals surface area contributed by atoms with Crippen LogP contribution < -0.4 is 0 Å². The van der Waals surface area contributed by atoms with Crippen LogP contribution >= 0.6 is 22.9 Å². The highest BCUT2D eigenvalue weighted by Gasteiger charge is 2.09. The highest BCUT2D eigenvalue weighted by atomic mass is 35.5. The predicted octanol–water partition coefficient (Wildman–Crippen LogP) is 4.91. The molecule has 0 spiro atoms. The van der Waals surface area contributed by atoms with Gasteiger partial charge in [-0.1, -0.05) is 42.5 Å². The summed E-state index contributed by atoms with van der Waals surface area (Å²) in [6.07, 6.45) is 0. The fourth-order valence-electron chi connectivity index (χ4n) is 2.06. The first-order valence-corrected chi connectivity index (χ1v) is 8.49. The Bertz CT molecular complexity index is 784. The molecular formula is C18H14ClNO2S. The molecule has 116 valence electrons. The molecule has 0 atom stereocenters. The minimum absolute atomic E-state index is 0.179. The molecule has 0 N–H and O–H groups in total. The molecule has 0 bridgehead atoms. The number of halogens is 1. The lowest BCUT2D eigenvalue weighted by atomic mass is 10.1. The number of rotatable bonds is 5. The van der Waals surface area contributed by atoms with Gasteiger partial charge in [-0.15, -0.1) is 22.9 Å². The molecule has 0 saturated heterocycles. The fourth-order valence-corrected chi connectivity index (χ4v) is 2.95. The summed E-state index contributed by atoms with van der Waals surface area (Å²) in [6.45, 7) is 0.179. The highest BCUT2D eigenvalue weighted by Crippen LogP contribution is 2.23. The molecule has 3 nitrogen and oxygen atoms in total. The summed E-state index contributed by atoms with van der Waals surface area (Å²) >= 11 is 7.27. The summed E-state index contributed by atoms with van der Waals surface area (Å²) in [7, 11) is 0. The van der Waals surface area contributed by atoms with E-state index in [1.54, 1.807) is 12.1 Å². The van der Waals surface area contributed by atoms with E-state index in [9.17, 15) is 4.79 Å². The summed E-state index contributed by atoms with van der Waals surface area (Å²) in [5.74, 6) is 0.159.